The van der Waals surface area contributed by atoms with Gasteiger partial charge < -0.3 is 20.4 Å². The van der Waals surface area contributed by atoms with Crippen LogP contribution in [0.3, 0.4) is 0 Å². The summed E-state index contributed by atoms with van der Waals surface area (Å²) in [6.45, 7) is 6.67. The van der Waals surface area contributed by atoms with E-state index in [-0.39, 0.29) is 17.7 Å². The van der Waals surface area contributed by atoms with E-state index in [1.54, 1.807) is 0 Å². The second-order valence-corrected chi connectivity index (χ2v) is 10.8. The van der Waals surface area contributed by atoms with Crippen molar-refractivity contribution in [2.75, 3.05) is 37.6 Å². The van der Waals surface area contributed by atoms with Gasteiger partial charge in [-0.2, -0.15) is 0 Å². The lowest BCUT2D eigenvalue weighted by molar-refractivity contribution is -0.139. The SMILES string of the molecule is CC(=O)O.CC(=O)O.O=C1NCCCN(Cc2ccccn2)CCN2C(=O)[C@@]3(c4ccccc42)[C@@H]1C[C@@H]1CCCN13. The summed E-state index contributed by atoms with van der Waals surface area (Å²) in [6, 6.07) is 14.5. The first-order chi connectivity index (χ1) is 19.7. The monoisotopic (exact) mass is 565 g/mol. The number of hydrogen-bond acceptors (Lipinski definition) is 7. The van der Waals surface area contributed by atoms with E-state index >= 15 is 0 Å². The van der Waals surface area contributed by atoms with E-state index in [0.717, 1.165) is 82.7 Å². The van der Waals surface area contributed by atoms with Gasteiger partial charge in [-0.15, -0.1) is 0 Å². The van der Waals surface area contributed by atoms with Crippen LogP contribution in [0.4, 0.5) is 5.69 Å². The highest BCUT2D eigenvalue weighted by molar-refractivity contribution is 6.11. The number of nitrogens with one attached hydrogen (secondary N) is 1. The molecule has 4 aliphatic rings. The van der Waals surface area contributed by atoms with Crippen LogP contribution < -0.4 is 10.2 Å². The zero-order valence-corrected chi connectivity index (χ0v) is 23.7. The lowest BCUT2D eigenvalue weighted by Crippen LogP contribution is -2.57. The Morgan fingerprint density at radius 2 is 1.68 bits per heavy atom. The van der Waals surface area contributed by atoms with Crippen molar-refractivity contribution in [1.82, 2.24) is 20.1 Å². The predicted octanol–water partition coefficient (Wildman–Crippen LogP) is 2.31. The number of amides is 2. The minimum atomic E-state index is -0.854. The molecule has 5 heterocycles. The van der Waals surface area contributed by atoms with Crippen LogP contribution in [0.15, 0.2) is 48.7 Å². The van der Waals surface area contributed by atoms with E-state index in [9.17, 15) is 9.59 Å². The average molecular weight is 566 g/mol. The number of nitrogens with zero attached hydrogens (tertiary/aromatic N) is 4. The van der Waals surface area contributed by atoms with Crippen molar-refractivity contribution < 1.29 is 29.4 Å². The summed E-state index contributed by atoms with van der Waals surface area (Å²) < 4.78 is 0. The fourth-order valence-corrected chi connectivity index (χ4v) is 6.65. The number of aliphatic carboxylic acids is 2. The van der Waals surface area contributed by atoms with Gasteiger partial charge in [0.05, 0.1) is 11.6 Å². The molecule has 11 nitrogen and oxygen atoms in total. The van der Waals surface area contributed by atoms with Gasteiger partial charge >= 0.3 is 0 Å². The summed E-state index contributed by atoms with van der Waals surface area (Å²) in [6.07, 6.45) is 5.63. The van der Waals surface area contributed by atoms with Crippen LogP contribution in [0, 0.1) is 5.92 Å². The fourth-order valence-electron chi connectivity index (χ4n) is 6.65. The Morgan fingerprint density at radius 3 is 2.39 bits per heavy atom. The number of anilines is 1. The molecule has 2 amide bonds. The van der Waals surface area contributed by atoms with Gasteiger partial charge in [-0.25, -0.2) is 0 Å². The molecule has 1 spiro atoms. The molecule has 0 unspecified atom stereocenters. The van der Waals surface area contributed by atoms with Crippen molar-refractivity contribution in [3.05, 3.63) is 59.9 Å². The van der Waals surface area contributed by atoms with Gasteiger partial charge in [-0.1, -0.05) is 24.3 Å². The number of carbonyl (C=O) groups excluding carboxylic acids is 2. The van der Waals surface area contributed by atoms with E-state index < -0.39 is 17.5 Å². The Kier molecular flexibility index (Phi) is 9.72. The number of carbonyl (C=O) groups is 4. The van der Waals surface area contributed by atoms with Gasteiger partial charge in [0.1, 0.15) is 5.54 Å². The third-order valence-electron chi connectivity index (χ3n) is 8.04. The summed E-state index contributed by atoms with van der Waals surface area (Å²) in [5, 5.41) is 18.0. The number of rotatable bonds is 2. The van der Waals surface area contributed by atoms with Gasteiger partial charge in [0.15, 0.2) is 0 Å². The number of fused-ring (bicyclic) bond motifs is 4. The van der Waals surface area contributed by atoms with Gasteiger partial charge in [-0.05, 0) is 50.4 Å². The van der Waals surface area contributed by atoms with Crippen LogP contribution >= 0.6 is 0 Å². The third kappa shape index (κ3) is 6.41. The summed E-state index contributed by atoms with van der Waals surface area (Å²) >= 11 is 0. The molecule has 0 saturated carbocycles. The molecule has 2 aromatic rings. The Hall–Kier alpha value is -3.83. The highest BCUT2D eigenvalue weighted by atomic mass is 16.4. The zero-order chi connectivity index (χ0) is 29.6. The lowest BCUT2D eigenvalue weighted by Gasteiger charge is -2.37. The second kappa shape index (κ2) is 13.2. The molecule has 11 heteroatoms. The maximum atomic E-state index is 14.3. The summed E-state index contributed by atoms with van der Waals surface area (Å²) in [4.78, 5) is 57.0. The van der Waals surface area contributed by atoms with Crippen molar-refractivity contribution >= 4 is 29.4 Å². The number of para-hydroxylation sites is 1. The molecule has 220 valence electrons. The first-order valence-corrected chi connectivity index (χ1v) is 14.1. The van der Waals surface area contributed by atoms with E-state index in [4.69, 9.17) is 19.8 Å². The smallest absolute Gasteiger partial charge is 0.300 e. The predicted molar refractivity (Wildman–Crippen MR) is 152 cm³/mol. The van der Waals surface area contributed by atoms with Crippen LogP contribution in [0.2, 0.25) is 0 Å². The third-order valence-corrected chi connectivity index (χ3v) is 8.04. The number of carboxylic acid groups (broad SMARTS) is 2. The Bertz CT molecular complexity index is 1240. The molecule has 4 aliphatic heterocycles. The summed E-state index contributed by atoms with van der Waals surface area (Å²) in [7, 11) is 0. The molecule has 0 aliphatic carbocycles. The molecule has 3 saturated heterocycles. The molecular weight excluding hydrogens is 526 g/mol. The van der Waals surface area contributed by atoms with E-state index in [0.29, 0.717) is 19.1 Å². The van der Waals surface area contributed by atoms with Crippen LogP contribution in [0.25, 0.3) is 0 Å². The van der Waals surface area contributed by atoms with Crippen molar-refractivity contribution in [3.63, 3.8) is 0 Å². The van der Waals surface area contributed by atoms with Crippen molar-refractivity contribution in [2.24, 2.45) is 5.92 Å². The van der Waals surface area contributed by atoms with Crippen molar-refractivity contribution in [1.29, 1.82) is 0 Å². The van der Waals surface area contributed by atoms with Crippen LogP contribution in [0.5, 0.6) is 0 Å². The minimum Gasteiger partial charge on any atom is -0.481 e. The van der Waals surface area contributed by atoms with Gasteiger partial charge in [0.2, 0.25) is 5.91 Å². The second-order valence-electron chi connectivity index (χ2n) is 10.8. The summed E-state index contributed by atoms with van der Waals surface area (Å²) in [5.74, 6) is -1.87. The topological polar surface area (TPSA) is 143 Å². The van der Waals surface area contributed by atoms with Gasteiger partial charge in [0, 0.05) is 70.1 Å². The lowest BCUT2D eigenvalue weighted by atomic mass is 9.78. The van der Waals surface area contributed by atoms with Crippen LogP contribution in [-0.2, 0) is 31.3 Å². The average Bonchev–Trinajstić information content (AvgIpc) is 3.58. The Balaban J connectivity index is 0.000000432. The molecule has 41 heavy (non-hydrogen) atoms. The number of benzene rings is 1. The molecule has 1 aromatic carbocycles. The minimum absolute atomic E-state index is 0.0336. The molecule has 0 radical (unpaired) electrons. The molecule has 3 atom stereocenters. The van der Waals surface area contributed by atoms with Crippen molar-refractivity contribution in [3.8, 4) is 0 Å². The Labute approximate surface area is 240 Å². The first kappa shape index (κ1) is 30.1. The molecule has 3 fully saturated rings. The Morgan fingerprint density at radius 1 is 0.976 bits per heavy atom. The highest BCUT2D eigenvalue weighted by Crippen LogP contribution is 2.56. The van der Waals surface area contributed by atoms with E-state index in [1.165, 1.54) is 0 Å². The molecule has 2 bridgehead atoms. The van der Waals surface area contributed by atoms with Crippen molar-refractivity contribution in [2.45, 2.75) is 57.7 Å². The number of pyridine rings is 1. The zero-order valence-electron chi connectivity index (χ0n) is 23.7. The largest absolute Gasteiger partial charge is 0.481 e. The molecule has 1 aromatic heterocycles. The highest BCUT2D eigenvalue weighted by Gasteiger charge is 2.67. The van der Waals surface area contributed by atoms with Crippen LogP contribution in [-0.4, -0.2) is 87.5 Å². The maximum Gasteiger partial charge on any atom is 0.300 e. The van der Waals surface area contributed by atoms with E-state index in [1.807, 2.05) is 41.4 Å². The number of hydrogen-bond donors (Lipinski definition) is 3. The molecule has 6 rings (SSSR count). The first-order valence-electron chi connectivity index (χ1n) is 14.1. The standard InChI is InChI=1S/C26H31N5O2.2C2H4O2/c32-24-22-17-20-8-5-14-31(20)26(22)21-9-1-2-10-23(21)30(25(26)33)16-15-29(13-6-12-28-24)18-19-7-3-4-11-27-19;2*1-2(3)4/h1-4,7,9-11,20,22H,5-6,8,12-18H2,(H,28,32);2*1H3,(H,3,4)/t20-,22+,26+;;/m0../s1. The quantitative estimate of drug-likeness (QED) is 0.500. The maximum absolute atomic E-state index is 14.3. The number of carboxylic acids is 2. The summed E-state index contributed by atoms with van der Waals surface area (Å²) in [5.41, 5.74) is 2.17. The van der Waals surface area contributed by atoms with Gasteiger partial charge in [0.25, 0.3) is 17.8 Å². The molecule has 3 N–H and O–H groups in total. The fraction of sp³-hybridized carbons (Fsp3) is 0.500. The van der Waals surface area contributed by atoms with Crippen LogP contribution in [0.1, 0.15) is 50.8 Å². The normalized spacial score (nSPS) is 25.6. The van der Waals surface area contributed by atoms with Gasteiger partial charge in [-0.3, -0.25) is 34.0 Å². The molecular formula is C30H39N5O6. The van der Waals surface area contributed by atoms with E-state index in [2.05, 4.69) is 32.2 Å². The number of aromatic nitrogens is 1.